The van der Waals surface area contributed by atoms with Gasteiger partial charge in [0.15, 0.2) is 11.6 Å². The summed E-state index contributed by atoms with van der Waals surface area (Å²) in [5.41, 5.74) is 3.14. The van der Waals surface area contributed by atoms with Crippen molar-refractivity contribution in [1.29, 1.82) is 0 Å². The molecule has 32 heavy (non-hydrogen) atoms. The van der Waals surface area contributed by atoms with Crippen LogP contribution in [0.4, 0.5) is 0 Å². The molecule has 3 aromatic carbocycles. The standard InChI is InChI=1S/C29H25NO2/c31-27(22-15-7-2-8-16-22)24-25(28(32)23-17-9-3-10-18-23)29(19-11-4-12-20-29)30-26(24)21-13-5-1-6-14-21/h1-3,5-10,13-18H,4,11-12,19-20H2. The topological polar surface area (TPSA) is 46.5 Å². The van der Waals surface area contributed by atoms with Crippen LogP contribution >= 0.6 is 0 Å². The highest BCUT2D eigenvalue weighted by atomic mass is 16.1. The number of Topliss-reactive ketones (excluding diaryl/α,β-unsaturated/α-hetero) is 2. The van der Waals surface area contributed by atoms with Crippen molar-refractivity contribution in [3.05, 3.63) is 119 Å². The summed E-state index contributed by atoms with van der Waals surface area (Å²) >= 11 is 0. The van der Waals surface area contributed by atoms with Gasteiger partial charge >= 0.3 is 0 Å². The van der Waals surface area contributed by atoms with E-state index in [-0.39, 0.29) is 11.6 Å². The number of allylic oxidation sites excluding steroid dienone is 1. The predicted molar refractivity (Wildman–Crippen MR) is 127 cm³/mol. The van der Waals surface area contributed by atoms with Crippen LogP contribution < -0.4 is 0 Å². The zero-order valence-electron chi connectivity index (χ0n) is 18.0. The van der Waals surface area contributed by atoms with Crippen molar-refractivity contribution >= 4 is 17.3 Å². The van der Waals surface area contributed by atoms with Crippen LogP contribution in [-0.4, -0.2) is 22.8 Å². The Morgan fingerprint density at radius 3 is 1.69 bits per heavy atom. The maximum Gasteiger partial charge on any atom is 0.195 e. The molecule has 2 aliphatic rings. The monoisotopic (exact) mass is 419 g/mol. The first-order valence-electron chi connectivity index (χ1n) is 11.3. The molecule has 0 N–H and O–H groups in total. The highest BCUT2D eigenvalue weighted by molar-refractivity contribution is 6.38. The van der Waals surface area contributed by atoms with Gasteiger partial charge in [-0.2, -0.15) is 0 Å². The smallest absolute Gasteiger partial charge is 0.195 e. The minimum absolute atomic E-state index is 0.0820. The van der Waals surface area contributed by atoms with Crippen molar-refractivity contribution in [2.45, 2.75) is 37.6 Å². The quantitative estimate of drug-likeness (QED) is 0.459. The Balaban J connectivity index is 1.77. The summed E-state index contributed by atoms with van der Waals surface area (Å²) in [4.78, 5) is 33.1. The molecule has 1 aliphatic carbocycles. The van der Waals surface area contributed by atoms with E-state index in [0.29, 0.717) is 28.0 Å². The predicted octanol–water partition coefficient (Wildman–Crippen LogP) is 6.25. The average Bonchev–Trinajstić information content (AvgIpc) is 3.19. The van der Waals surface area contributed by atoms with Crippen molar-refractivity contribution in [2.75, 3.05) is 0 Å². The van der Waals surface area contributed by atoms with Crippen LogP contribution in [0.1, 0.15) is 58.4 Å². The fourth-order valence-electron chi connectivity index (χ4n) is 4.99. The summed E-state index contributed by atoms with van der Waals surface area (Å²) in [6.07, 6.45) is 4.73. The van der Waals surface area contributed by atoms with Gasteiger partial charge in [-0.1, -0.05) is 110 Å². The summed E-state index contributed by atoms with van der Waals surface area (Å²) < 4.78 is 0. The van der Waals surface area contributed by atoms with Crippen LogP contribution in [0.2, 0.25) is 0 Å². The van der Waals surface area contributed by atoms with Crippen molar-refractivity contribution in [1.82, 2.24) is 0 Å². The van der Waals surface area contributed by atoms with Crippen molar-refractivity contribution in [2.24, 2.45) is 4.99 Å². The SMILES string of the molecule is O=C(C1=C(C(=O)c2ccccc2)C2(CCCCC2)N=C1c1ccccc1)c1ccccc1. The van der Waals surface area contributed by atoms with Gasteiger partial charge in [-0.15, -0.1) is 0 Å². The number of carbonyl (C=O) groups excluding carboxylic acids is 2. The molecule has 0 saturated heterocycles. The van der Waals surface area contributed by atoms with Gasteiger partial charge in [-0.05, 0) is 12.8 Å². The van der Waals surface area contributed by atoms with Crippen LogP contribution in [0.3, 0.4) is 0 Å². The summed E-state index contributed by atoms with van der Waals surface area (Å²) in [5, 5.41) is 0. The second-order valence-electron chi connectivity index (χ2n) is 8.56. The first kappa shape index (κ1) is 20.3. The number of benzene rings is 3. The van der Waals surface area contributed by atoms with E-state index in [2.05, 4.69) is 0 Å². The van der Waals surface area contributed by atoms with Gasteiger partial charge in [0.25, 0.3) is 0 Å². The van der Waals surface area contributed by atoms with E-state index in [1.165, 1.54) is 0 Å². The van der Waals surface area contributed by atoms with Gasteiger partial charge in [0.05, 0.1) is 16.8 Å². The van der Waals surface area contributed by atoms with Gasteiger partial charge in [0.1, 0.15) is 0 Å². The normalized spacial score (nSPS) is 17.3. The molecule has 0 bridgehead atoms. The molecule has 0 aromatic heterocycles. The first-order chi connectivity index (χ1) is 15.7. The van der Waals surface area contributed by atoms with E-state index >= 15 is 0 Å². The molecule has 1 fully saturated rings. The Hall–Kier alpha value is -3.59. The number of hydrogen-bond donors (Lipinski definition) is 0. The second-order valence-corrected chi connectivity index (χ2v) is 8.56. The van der Waals surface area contributed by atoms with Crippen LogP contribution in [0, 0.1) is 0 Å². The molecule has 1 spiro atoms. The largest absolute Gasteiger partial charge is 0.289 e. The maximum absolute atomic E-state index is 14.0. The lowest BCUT2D eigenvalue weighted by molar-refractivity contribution is 0.0988. The lowest BCUT2D eigenvalue weighted by atomic mass is 9.73. The molecular weight excluding hydrogens is 394 g/mol. The molecule has 1 aliphatic heterocycles. The van der Waals surface area contributed by atoms with Gasteiger partial charge in [-0.25, -0.2) is 0 Å². The molecule has 158 valence electrons. The fraction of sp³-hybridized carbons (Fsp3) is 0.207. The minimum atomic E-state index is -0.629. The highest BCUT2D eigenvalue weighted by Crippen LogP contribution is 2.46. The van der Waals surface area contributed by atoms with E-state index < -0.39 is 5.54 Å². The van der Waals surface area contributed by atoms with Gasteiger partial charge < -0.3 is 0 Å². The summed E-state index contributed by atoms with van der Waals surface area (Å²) in [7, 11) is 0. The number of rotatable bonds is 5. The number of hydrogen-bond acceptors (Lipinski definition) is 3. The van der Waals surface area contributed by atoms with Crippen LogP contribution in [-0.2, 0) is 0 Å². The molecule has 3 heteroatoms. The van der Waals surface area contributed by atoms with E-state index in [4.69, 9.17) is 4.99 Å². The van der Waals surface area contributed by atoms with E-state index in [1.54, 1.807) is 0 Å². The van der Waals surface area contributed by atoms with E-state index in [0.717, 1.165) is 37.7 Å². The Morgan fingerprint density at radius 1 is 0.625 bits per heavy atom. The molecule has 5 rings (SSSR count). The number of nitrogens with zero attached hydrogens (tertiary/aromatic N) is 1. The third-order valence-corrected chi connectivity index (χ3v) is 6.53. The fourth-order valence-corrected chi connectivity index (χ4v) is 4.99. The molecule has 3 nitrogen and oxygen atoms in total. The van der Waals surface area contributed by atoms with Gasteiger partial charge in [0.2, 0.25) is 0 Å². The second kappa shape index (κ2) is 8.51. The molecule has 3 aromatic rings. The van der Waals surface area contributed by atoms with Crippen LogP contribution in [0.5, 0.6) is 0 Å². The number of ketones is 2. The molecule has 1 saturated carbocycles. The lowest BCUT2D eigenvalue weighted by Gasteiger charge is -2.33. The van der Waals surface area contributed by atoms with E-state index in [1.807, 2.05) is 91.0 Å². The number of carbonyl (C=O) groups is 2. The minimum Gasteiger partial charge on any atom is -0.289 e. The Morgan fingerprint density at radius 2 is 1.12 bits per heavy atom. The zero-order valence-corrected chi connectivity index (χ0v) is 18.0. The van der Waals surface area contributed by atoms with Crippen molar-refractivity contribution in [3.63, 3.8) is 0 Å². The van der Waals surface area contributed by atoms with Crippen molar-refractivity contribution < 1.29 is 9.59 Å². The maximum atomic E-state index is 14.0. The summed E-state index contributed by atoms with van der Waals surface area (Å²) in [6.45, 7) is 0. The van der Waals surface area contributed by atoms with Crippen molar-refractivity contribution in [3.8, 4) is 0 Å². The van der Waals surface area contributed by atoms with Crippen LogP contribution in [0.25, 0.3) is 0 Å². The highest BCUT2D eigenvalue weighted by Gasteiger charge is 2.48. The van der Waals surface area contributed by atoms with Gasteiger partial charge in [0, 0.05) is 22.3 Å². The molecule has 0 amide bonds. The molecule has 1 heterocycles. The van der Waals surface area contributed by atoms with Crippen LogP contribution in [0.15, 0.2) is 107 Å². The van der Waals surface area contributed by atoms with E-state index in [9.17, 15) is 9.59 Å². The third-order valence-electron chi connectivity index (χ3n) is 6.53. The Kier molecular flexibility index (Phi) is 5.40. The summed E-state index contributed by atoms with van der Waals surface area (Å²) in [6, 6.07) is 28.3. The number of aliphatic imine (C=N–C) groups is 1. The lowest BCUT2D eigenvalue weighted by Crippen LogP contribution is -2.34. The van der Waals surface area contributed by atoms with Gasteiger partial charge in [-0.3, -0.25) is 14.6 Å². The Bertz CT molecular complexity index is 1200. The molecule has 0 radical (unpaired) electrons. The molecule has 0 unspecified atom stereocenters. The third kappa shape index (κ3) is 3.54. The summed E-state index contributed by atoms with van der Waals surface area (Å²) in [5.74, 6) is -0.212. The average molecular weight is 420 g/mol. The Labute approximate surface area is 188 Å². The zero-order chi connectivity index (χ0) is 22.0. The first-order valence-corrected chi connectivity index (χ1v) is 11.3. The molecule has 0 atom stereocenters. The molecular formula is C29H25NO2.